The van der Waals surface area contributed by atoms with Crippen LogP contribution in [0, 0.1) is 19.7 Å². The zero-order chi connectivity index (χ0) is 12.3. The van der Waals surface area contributed by atoms with Gasteiger partial charge in [0.05, 0.1) is 0 Å². The van der Waals surface area contributed by atoms with Gasteiger partial charge in [-0.15, -0.1) is 0 Å². The lowest BCUT2D eigenvalue weighted by atomic mass is 10.1. The van der Waals surface area contributed by atoms with Crippen LogP contribution in [0.4, 0.5) is 4.39 Å². The van der Waals surface area contributed by atoms with E-state index in [-0.39, 0.29) is 5.82 Å². The van der Waals surface area contributed by atoms with Crippen molar-refractivity contribution in [1.82, 2.24) is 5.32 Å². The van der Waals surface area contributed by atoms with Crippen LogP contribution in [0.2, 0.25) is 0 Å². The first-order valence-electron chi connectivity index (χ1n) is 5.64. The van der Waals surface area contributed by atoms with Crippen LogP contribution in [-0.2, 0) is 13.1 Å². The fraction of sp³-hybridized carbons (Fsp3) is 0.286. The van der Waals surface area contributed by atoms with Crippen molar-refractivity contribution >= 4 is 11.3 Å². The smallest absolute Gasteiger partial charge is 0.126 e. The molecule has 17 heavy (non-hydrogen) atoms. The first-order valence-corrected chi connectivity index (χ1v) is 6.58. The van der Waals surface area contributed by atoms with E-state index >= 15 is 0 Å². The van der Waals surface area contributed by atoms with Crippen LogP contribution < -0.4 is 5.32 Å². The predicted octanol–water partition coefficient (Wildman–Crippen LogP) is 3.79. The zero-order valence-electron chi connectivity index (χ0n) is 10.1. The Morgan fingerprint density at radius 2 is 1.94 bits per heavy atom. The molecule has 1 aromatic heterocycles. The summed E-state index contributed by atoms with van der Waals surface area (Å²) in [6, 6.07) is 5.39. The van der Waals surface area contributed by atoms with Gasteiger partial charge in [0.1, 0.15) is 5.82 Å². The van der Waals surface area contributed by atoms with Crippen LogP contribution in [0.15, 0.2) is 29.0 Å². The SMILES string of the molecule is Cc1ccc(CNCc2cscc2C)cc1F. The summed E-state index contributed by atoms with van der Waals surface area (Å²) >= 11 is 1.72. The quantitative estimate of drug-likeness (QED) is 0.869. The summed E-state index contributed by atoms with van der Waals surface area (Å²) in [6.45, 7) is 5.43. The summed E-state index contributed by atoms with van der Waals surface area (Å²) in [7, 11) is 0. The number of rotatable bonds is 4. The maximum atomic E-state index is 13.3. The molecule has 1 nitrogen and oxygen atoms in total. The van der Waals surface area contributed by atoms with Crippen molar-refractivity contribution in [3.63, 3.8) is 0 Å². The van der Waals surface area contributed by atoms with E-state index in [9.17, 15) is 4.39 Å². The van der Waals surface area contributed by atoms with E-state index in [1.165, 1.54) is 11.1 Å². The van der Waals surface area contributed by atoms with Crippen LogP contribution in [0.3, 0.4) is 0 Å². The van der Waals surface area contributed by atoms with Gasteiger partial charge in [-0.2, -0.15) is 11.3 Å². The number of benzene rings is 1. The second-order valence-electron chi connectivity index (χ2n) is 4.27. The van der Waals surface area contributed by atoms with Gasteiger partial charge >= 0.3 is 0 Å². The number of hydrogen-bond donors (Lipinski definition) is 1. The Hall–Kier alpha value is -1.19. The number of halogens is 1. The highest BCUT2D eigenvalue weighted by molar-refractivity contribution is 7.08. The van der Waals surface area contributed by atoms with Gasteiger partial charge < -0.3 is 5.32 Å². The van der Waals surface area contributed by atoms with Crippen molar-refractivity contribution in [3.8, 4) is 0 Å². The first-order chi connectivity index (χ1) is 8.16. The lowest BCUT2D eigenvalue weighted by molar-refractivity contribution is 0.611. The van der Waals surface area contributed by atoms with E-state index in [0.29, 0.717) is 12.1 Å². The Balaban J connectivity index is 1.90. The molecule has 0 aliphatic carbocycles. The van der Waals surface area contributed by atoms with Gasteiger partial charge in [0, 0.05) is 13.1 Å². The lowest BCUT2D eigenvalue weighted by Gasteiger charge is -2.06. The highest BCUT2D eigenvalue weighted by atomic mass is 32.1. The zero-order valence-corrected chi connectivity index (χ0v) is 10.9. The molecule has 0 amide bonds. The van der Waals surface area contributed by atoms with Crippen molar-refractivity contribution in [2.24, 2.45) is 0 Å². The van der Waals surface area contributed by atoms with Crippen LogP contribution in [0.25, 0.3) is 0 Å². The molecule has 1 aromatic carbocycles. The molecule has 0 aliphatic rings. The third-order valence-corrected chi connectivity index (χ3v) is 3.75. The Morgan fingerprint density at radius 3 is 2.59 bits per heavy atom. The van der Waals surface area contributed by atoms with Gasteiger partial charge in [-0.3, -0.25) is 0 Å². The molecule has 1 heterocycles. The van der Waals surface area contributed by atoms with Crippen LogP contribution in [0.5, 0.6) is 0 Å². The molecule has 0 atom stereocenters. The lowest BCUT2D eigenvalue weighted by Crippen LogP contribution is -2.13. The van der Waals surface area contributed by atoms with E-state index in [1.54, 1.807) is 24.3 Å². The molecule has 3 heteroatoms. The summed E-state index contributed by atoms with van der Waals surface area (Å²) in [5.41, 5.74) is 4.32. The third-order valence-electron chi connectivity index (χ3n) is 2.84. The molecule has 0 aliphatic heterocycles. The molecule has 0 fully saturated rings. The Labute approximate surface area is 105 Å². The second kappa shape index (κ2) is 5.43. The molecule has 1 N–H and O–H groups in total. The average molecular weight is 249 g/mol. The molecule has 2 rings (SSSR count). The monoisotopic (exact) mass is 249 g/mol. The van der Waals surface area contributed by atoms with Gasteiger partial charge in [0.2, 0.25) is 0 Å². The predicted molar refractivity (Wildman–Crippen MR) is 70.7 cm³/mol. The minimum Gasteiger partial charge on any atom is -0.309 e. The minimum atomic E-state index is -0.129. The van der Waals surface area contributed by atoms with Crippen LogP contribution in [0.1, 0.15) is 22.3 Å². The first kappa shape index (κ1) is 12.3. The highest BCUT2D eigenvalue weighted by Gasteiger charge is 2.01. The van der Waals surface area contributed by atoms with Crippen LogP contribution >= 0.6 is 11.3 Å². The average Bonchev–Trinajstić information content (AvgIpc) is 2.70. The van der Waals surface area contributed by atoms with Crippen molar-refractivity contribution in [3.05, 3.63) is 57.0 Å². The fourth-order valence-electron chi connectivity index (χ4n) is 1.66. The van der Waals surface area contributed by atoms with Gasteiger partial charge in [0.25, 0.3) is 0 Å². The molecule has 0 unspecified atom stereocenters. The van der Waals surface area contributed by atoms with Crippen molar-refractivity contribution in [2.45, 2.75) is 26.9 Å². The van der Waals surface area contributed by atoms with E-state index in [4.69, 9.17) is 0 Å². The Bertz CT molecular complexity index is 505. The fourth-order valence-corrected chi connectivity index (χ4v) is 2.51. The van der Waals surface area contributed by atoms with E-state index in [1.807, 2.05) is 12.1 Å². The van der Waals surface area contributed by atoms with Crippen molar-refractivity contribution < 1.29 is 4.39 Å². The molecular weight excluding hydrogens is 233 g/mol. The number of nitrogens with one attached hydrogen (secondary N) is 1. The minimum absolute atomic E-state index is 0.129. The molecule has 2 aromatic rings. The molecular formula is C14H16FNS. The number of hydrogen-bond acceptors (Lipinski definition) is 2. The number of thiophene rings is 1. The second-order valence-corrected chi connectivity index (χ2v) is 5.01. The highest BCUT2D eigenvalue weighted by Crippen LogP contribution is 2.14. The summed E-state index contributed by atoms with van der Waals surface area (Å²) in [5, 5.41) is 7.62. The van der Waals surface area contributed by atoms with Crippen molar-refractivity contribution in [1.29, 1.82) is 0 Å². The van der Waals surface area contributed by atoms with Crippen LogP contribution in [-0.4, -0.2) is 0 Å². The topological polar surface area (TPSA) is 12.0 Å². The van der Waals surface area contributed by atoms with E-state index in [2.05, 4.69) is 23.0 Å². The van der Waals surface area contributed by atoms with E-state index in [0.717, 1.165) is 12.1 Å². The molecule has 0 radical (unpaired) electrons. The van der Waals surface area contributed by atoms with Crippen molar-refractivity contribution in [2.75, 3.05) is 0 Å². The summed E-state index contributed by atoms with van der Waals surface area (Å²) in [5.74, 6) is -0.129. The molecule has 0 saturated carbocycles. The molecule has 0 bridgehead atoms. The Kier molecular flexibility index (Phi) is 3.92. The Morgan fingerprint density at radius 1 is 1.12 bits per heavy atom. The van der Waals surface area contributed by atoms with Gasteiger partial charge in [0.15, 0.2) is 0 Å². The summed E-state index contributed by atoms with van der Waals surface area (Å²) < 4.78 is 13.3. The third kappa shape index (κ3) is 3.14. The van der Waals surface area contributed by atoms with Gasteiger partial charge in [-0.1, -0.05) is 12.1 Å². The van der Waals surface area contributed by atoms with Gasteiger partial charge in [-0.25, -0.2) is 4.39 Å². The maximum absolute atomic E-state index is 13.3. The number of aryl methyl sites for hydroxylation is 2. The summed E-state index contributed by atoms with van der Waals surface area (Å²) in [6.07, 6.45) is 0. The molecule has 0 spiro atoms. The molecule has 0 saturated heterocycles. The van der Waals surface area contributed by atoms with Gasteiger partial charge in [-0.05, 0) is 52.9 Å². The largest absolute Gasteiger partial charge is 0.309 e. The molecule has 90 valence electrons. The normalized spacial score (nSPS) is 10.8. The standard InChI is InChI=1S/C14H16FNS/c1-10-3-4-12(5-14(10)15)6-16-7-13-9-17-8-11(13)2/h3-5,8-9,16H,6-7H2,1-2H3. The van der Waals surface area contributed by atoms with E-state index < -0.39 is 0 Å². The summed E-state index contributed by atoms with van der Waals surface area (Å²) in [4.78, 5) is 0. The maximum Gasteiger partial charge on any atom is 0.126 e.